The fraction of sp³-hybridized carbons (Fsp3) is 0.462. The van der Waals surface area contributed by atoms with Gasteiger partial charge in [0.25, 0.3) is 0 Å². The van der Waals surface area contributed by atoms with Gasteiger partial charge in [-0.25, -0.2) is 0 Å². The Balaban J connectivity index is 2.44. The highest BCUT2D eigenvalue weighted by Gasteiger charge is 2.02. The van der Waals surface area contributed by atoms with Crippen molar-refractivity contribution >= 4 is 17.4 Å². The van der Waals surface area contributed by atoms with Crippen molar-refractivity contribution < 1.29 is 9.53 Å². The van der Waals surface area contributed by atoms with Gasteiger partial charge >= 0.3 is 0 Å². The standard InChI is InChI=1S/C13H18ClNO2/c1-3-17-13-5-4-11(8-12(13)14)9-15-7-6-10(2)16/h4-5,8,15H,3,6-7,9H2,1-2H3. The molecule has 0 spiro atoms. The second kappa shape index (κ2) is 7.30. The number of halogens is 1. The second-order valence-corrected chi connectivity index (χ2v) is 4.23. The quantitative estimate of drug-likeness (QED) is 0.762. The van der Waals surface area contributed by atoms with Crippen molar-refractivity contribution in [3.05, 3.63) is 28.8 Å². The van der Waals surface area contributed by atoms with Gasteiger partial charge in [0.2, 0.25) is 0 Å². The van der Waals surface area contributed by atoms with Crippen LogP contribution in [-0.4, -0.2) is 18.9 Å². The van der Waals surface area contributed by atoms with Crippen LogP contribution >= 0.6 is 11.6 Å². The lowest BCUT2D eigenvalue weighted by Gasteiger charge is -2.08. The Kier molecular flexibility index (Phi) is 6.01. The maximum atomic E-state index is 10.7. The Morgan fingerprint density at radius 1 is 1.47 bits per heavy atom. The molecule has 4 heteroatoms. The van der Waals surface area contributed by atoms with E-state index in [0.717, 1.165) is 5.56 Å². The molecule has 0 radical (unpaired) electrons. The van der Waals surface area contributed by atoms with Crippen molar-refractivity contribution in [2.24, 2.45) is 0 Å². The smallest absolute Gasteiger partial charge is 0.137 e. The van der Waals surface area contributed by atoms with Crippen LogP contribution in [0, 0.1) is 0 Å². The van der Waals surface area contributed by atoms with Gasteiger partial charge < -0.3 is 10.1 Å². The minimum absolute atomic E-state index is 0.197. The molecule has 1 N–H and O–H groups in total. The highest BCUT2D eigenvalue weighted by atomic mass is 35.5. The van der Waals surface area contributed by atoms with E-state index in [9.17, 15) is 4.79 Å². The van der Waals surface area contributed by atoms with E-state index in [0.29, 0.717) is 36.9 Å². The SMILES string of the molecule is CCOc1ccc(CNCCC(C)=O)cc1Cl. The lowest BCUT2D eigenvalue weighted by Crippen LogP contribution is -2.16. The predicted octanol–water partition coefficient (Wildman–Crippen LogP) is 2.81. The average molecular weight is 256 g/mol. The Hall–Kier alpha value is -1.06. The monoisotopic (exact) mass is 255 g/mol. The molecule has 0 aliphatic rings. The van der Waals surface area contributed by atoms with Crippen molar-refractivity contribution in [3.8, 4) is 5.75 Å². The van der Waals surface area contributed by atoms with Crippen LogP contribution in [0.5, 0.6) is 5.75 Å². The Morgan fingerprint density at radius 3 is 2.82 bits per heavy atom. The van der Waals surface area contributed by atoms with Crippen molar-refractivity contribution in [1.82, 2.24) is 5.32 Å². The molecule has 0 aromatic heterocycles. The molecule has 94 valence electrons. The van der Waals surface area contributed by atoms with Gasteiger partial charge in [-0.2, -0.15) is 0 Å². The molecular weight excluding hydrogens is 238 g/mol. The van der Waals surface area contributed by atoms with Crippen molar-refractivity contribution in [2.45, 2.75) is 26.8 Å². The van der Waals surface area contributed by atoms with Crippen LogP contribution in [0.25, 0.3) is 0 Å². The third-order valence-corrected chi connectivity index (χ3v) is 2.57. The molecule has 17 heavy (non-hydrogen) atoms. The molecule has 0 bridgehead atoms. The van der Waals surface area contributed by atoms with Gasteiger partial charge in [-0.15, -0.1) is 0 Å². The minimum atomic E-state index is 0.197. The van der Waals surface area contributed by atoms with E-state index in [1.165, 1.54) is 0 Å². The zero-order valence-corrected chi connectivity index (χ0v) is 11.0. The molecule has 0 heterocycles. The van der Waals surface area contributed by atoms with Crippen LogP contribution < -0.4 is 10.1 Å². The zero-order chi connectivity index (χ0) is 12.7. The summed E-state index contributed by atoms with van der Waals surface area (Å²) < 4.78 is 5.35. The van der Waals surface area contributed by atoms with E-state index >= 15 is 0 Å². The van der Waals surface area contributed by atoms with Crippen LogP contribution in [0.4, 0.5) is 0 Å². The number of hydrogen-bond acceptors (Lipinski definition) is 3. The van der Waals surface area contributed by atoms with E-state index in [2.05, 4.69) is 5.32 Å². The summed E-state index contributed by atoms with van der Waals surface area (Å²) in [5.41, 5.74) is 1.09. The van der Waals surface area contributed by atoms with Gasteiger partial charge in [0.15, 0.2) is 0 Å². The number of nitrogens with one attached hydrogen (secondary N) is 1. The number of ketones is 1. The molecule has 0 fully saturated rings. The summed E-state index contributed by atoms with van der Waals surface area (Å²) in [5, 5.41) is 3.81. The molecule has 0 saturated heterocycles. The predicted molar refractivity (Wildman–Crippen MR) is 69.6 cm³/mol. The van der Waals surface area contributed by atoms with Crippen LogP contribution in [0.2, 0.25) is 5.02 Å². The van der Waals surface area contributed by atoms with Crippen molar-refractivity contribution in [1.29, 1.82) is 0 Å². The maximum Gasteiger partial charge on any atom is 0.137 e. The molecule has 0 aliphatic heterocycles. The molecule has 0 unspecified atom stereocenters. The number of ether oxygens (including phenoxy) is 1. The number of rotatable bonds is 7. The zero-order valence-electron chi connectivity index (χ0n) is 10.3. The molecule has 1 aromatic rings. The number of carbonyl (C=O) groups is 1. The number of Topliss-reactive ketones (excluding diaryl/α,β-unsaturated/α-hetero) is 1. The summed E-state index contributed by atoms with van der Waals surface area (Å²) in [7, 11) is 0. The van der Waals surface area contributed by atoms with Crippen molar-refractivity contribution in [2.75, 3.05) is 13.2 Å². The minimum Gasteiger partial charge on any atom is -0.492 e. The number of benzene rings is 1. The molecule has 1 aromatic carbocycles. The Morgan fingerprint density at radius 2 is 2.24 bits per heavy atom. The first-order valence-electron chi connectivity index (χ1n) is 5.75. The van der Waals surface area contributed by atoms with E-state index < -0.39 is 0 Å². The second-order valence-electron chi connectivity index (χ2n) is 3.83. The molecular formula is C13H18ClNO2. The average Bonchev–Trinajstić information content (AvgIpc) is 2.28. The van der Waals surface area contributed by atoms with Crippen LogP contribution in [-0.2, 0) is 11.3 Å². The third kappa shape index (κ3) is 5.20. The molecule has 0 atom stereocenters. The van der Waals surface area contributed by atoms with Gasteiger partial charge in [0.05, 0.1) is 11.6 Å². The summed E-state index contributed by atoms with van der Waals surface area (Å²) in [6.07, 6.45) is 0.560. The Bertz CT molecular complexity index is 380. The van der Waals surface area contributed by atoms with E-state index in [1.807, 2.05) is 25.1 Å². The molecule has 0 saturated carbocycles. The van der Waals surface area contributed by atoms with E-state index in [1.54, 1.807) is 6.92 Å². The van der Waals surface area contributed by atoms with Crippen molar-refractivity contribution in [3.63, 3.8) is 0 Å². The third-order valence-electron chi connectivity index (χ3n) is 2.28. The first-order chi connectivity index (χ1) is 8.13. The Labute approximate surface area is 107 Å². The summed E-state index contributed by atoms with van der Waals surface area (Å²) >= 11 is 6.06. The van der Waals surface area contributed by atoms with Gasteiger partial charge in [-0.3, -0.25) is 4.79 Å². The molecule has 0 aliphatic carbocycles. The maximum absolute atomic E-state index is 10.7. The van der Waals surface area contributed by atoms with E-state index in [-0.39, 0.29) is 5.78 Å². The fourth-order valence-electron chi connectivity index (χ4n) is 1.42. The van der Waals surface area contributed by atoms with E-state index in [4.69, 9.17) is 16.3 Å². The summed E-state index contributed by atoms with van der Waals surface area (Å²) in [6, 6.07) is 5.72. The highest BCUT2D eigenvalue weighted by molar-refractivity contribution is 6.32. The van der Waals surface area contributed by atoms with Crippen LogP contribution in [0.3, 0.4) is 0 Å². The topological polar surface area (TPSA) is 38.3 Å². The number of carbonyl (C=O) groups excluding carboxylic acids is 1. The van der Waals surface area contributed by atoms with Gasteiger partial charge in [-0.1, -0.05) is 17.7 Å². The van der Waals surface area contributed by atoms with Crippen LogP contribution in [0.15, 0.2) is 18.2 Å². The molecule has 1 rings (SSSR count). The summed E-state index contributed by atoms with van der Waals surface area (Å²) in [6.45, 7) is 5.53. The lowest BCUT2D eigenvalue weighted by atomic mass is 10.2. The van der Waals surface area contributed by atoms with Crippen LogP contribution in [0.1, 0.15) is 25.8 Å². The van der Waals surface area contributed by atoms with Gasteiger partial charge in [0.1, 0.15) is 11.5 Å². The first-order valence-corrected chi connectivity index (χ1v) is 6.12. The van der Waals surface area contributed by atoms with Gasteiger partial charge in [0, 0.05) is 19.5 Å². The lowest BCUT2D eigenvalue weighted by molar-refractivity contribution is -0.116. The highest BCUT2D eigenvalue weighted by Crippen LogP contribution is 2.25. The first kappa shape index (κ1) is 14.0. The van der Waals surface area contributed by atoms with Gasteiger partial charge in [-0.05, 0) is 31.5 Å². The number of hydrogen-bond donors (Lipinski definition) is 1. The summed E-state index contributed by atoms with van der Waals surface area (Å²) in [4.78, 5) is 10.7. The summed E-state index contributed by atoms with van der Waals surface area (Å²) in [5.74, 6) is 0.906. The molecule has 0 amide bonds. The molecule has 3 nitrogen and oxygen atoms in total. The largest absolute Gasteiger partial charge is 0.492 e. The normalized spacial score (nSPS) is 10.3. The fourth-order valence-corrected chi connectivity index (χ4v) is 1.68.